The molecular formula is C31H39FN6O2. The summed E-state index contributed by atoms with van der Waals surface area (Å²) >= 11 is 0. The highest BCUT2D eigenvalue weighted by atomic mass is 19.1. The van der Waals surface area contributed by atoms with Gasteiger partial charge in [-0.25, -0.2) is 19.4 Å². The predicted octanol–water partition coefficient (Wildman–Crippen LogP) is 5.15. The summed E-state index contributed by atoms with van der Waals surface area (Å²) in [6.07, 6.45) is 7.18. The Balaban J connectivity index is 1.75. The molecule has 1 saturated carbocycles. The van der Waals surface area contributed by atoms with E-state index in [9.17, 15) is 9.90 Å². The molecule has 3 aromatic rings. The molecule has 1 unspecified atom stereocenters. The molecule has 212 valence electrons. The van der Waals surface area contributed by atoms with Crippen LogP contribution in [0.15, 0.2) is 57.2 Å². The van der Waals surface area contributed by atoms with Crippen molar-refractivity contribution >= 4 is 18.1 Å². The standard InChI is InChI=1S/C31H39FN6O2/c1-3-10-27-25(30(40)38(31(36-27)35-19-33)22-11-6-5-7-12-22)17-21-16-15-20(18-26(21)32)23-13-8-9-14-24(23)29(34)37-28(39)4-2/h8-9,13-16,18-19,22,28,39H,3-7,10-12,17H2,1-2H3,(H2,34,37)(H2,33,35,36). The maximum absolute atomic E-state index is 15.7. The summed E-state index contributed by atoms with van der Waals surface area (Å²) in [6.45, 7) is 3.83. The van der Waals surface area contributed by atoms with E-state index in [2.05, 4.69) is 9.98 Å². The van der Waals surface area contributed by atoms with Gasteiger partial charge in [-0.1, -0.05) is 75.9 Å². The Labute approximate surface area is 234 Å². The second-order valence-corrected chi connectivity index (χ2v) is 10.3. The summed E-state index contributed by atoms with van der Waals surface area (Å²) in [5.74, 6) is 0.0891. The molecule has 2 aromatic carbocycles. The van der Waals surface area contributed by atoms with Crippen molar-refractivity contribution in [3.63, 3.8) is 0 Å². The predicted molar refractivity (Wildman–Crippen MR) is 159 cm³/mol. The first kappa shape index (κ1) is 29.1. The zero-order chi connectivity index (χ0) is 28.6. The first-order valence-electron chi connectivity index (χ1n) is 14.2. The SMILES string of the molecule is CCCc1nc(N=CN)n(C2CCCCC2)c(=O)c1Cc1ccc(-c2ccccc2C(N)=NC(O)CC)cc1F. The molecule has 0 aliphatic heterocycles. The van der Waals surface area contributed by atoms with E-state index in [0.29, 0.717) is 52.3 Å². The summed E-state index contributed by atoms with van der Waals surface area (Å²) < 4.78 is 17.3. The summed E-state index contributed by atoms with van der Waals surface area (Å²) in [6, 6.07) is 12.3. The second kappa shape index (κ2) is 13.5. The average Bonchev–Trinajstić information content (AvgIpc) is 2.96. The van der Waals surface area contributed by atoms with Crippen molar-refractivity contribution in [2.24, 2.45) is 21.5 Å². The number of aryl methyl sites for hydroxylation is 1. The number of aliphatic imine (C=N–C) groups is 2. The number of nitrogens with two attached hydrogens (primary N) is 2. The van der Waals surface area contributed by atoms with Crippen LogP contribution in [-0.4, -0.2) is 33.1 Å². The maximum atomic E-state index is 15.7. The van der Waals surface area contributed by atoms with Crippen molar-refractivity contribution in [1.29, 1.82) is 0 Å². The maximum Gasteiger partial charge on any atom is 0.259 e. The van der Waals surface area contributed by atoms with E-state index in [-0.39, 0.29) is 23.9 Å². The van der Waals surface area contributed by atoms with Crippen LogP contribution in [0.5, 0.6) is 0 Å². The van der Waals surface area contributed by atoms with Crippen molar-refractivity contribution in [1.82, 2.24) is 9.55 Å². The molecule has 0 radical (unpaired) electrons. The van der Waals surface area contributed by atoms with Crippen LogP contribution < -0.4 is 17.0 Å². The molecule has 40 heavy (non-hydrogen) atoms. The van der Waals surface area contributed by atoms with Crippen molar-refractivity contribution in [2.45, 2.75) is 83.9 Å². The first-order chi connectivity index (χ1) is 19.4. The Hall–Kier alpha value is -3.85. The molecule has 0 bridgehead atoms. The van der Waals surface area contributed by atoms with Crippen molar-refractivity contribution < 1.29 is 9.50 Å². The molecular weight excluding hydrogens is 507 g/mol. The average molecular weight is 547 g/mol. The van der Waals surface area contributed by atoms with Crippen LogP contribution in [0.25, 0.3) is 11.1 Å². The van der Waals surface area contributed by atoms with Gasteiger partial charge < -0.3 is 16.6 Å². The number of hydrogen-bond acceptors (Lipinski definition) is 5. The van der Waals surface area contributed by atoms with Crippen molar-refractivity contribution in [3.05, 3.63) is 81.0 Å². The fourth-order valence-electron chi connectivity index (χ4n) is 5.38. The Morgan fingerprint density at radius 1 is 1.20 bits per heavy atom. The number of nitrogens with zero attached hydrogens (tertiary/aromatic N) is 4. The molecule has 0 saturated heterocycles. The first-order valence-corrected chi connectivity index (χ1v) is 14.2. The van der Waals surface area contributed by atoms with Gasteiger partial charge in [-0.05, 0) is 48.4 Å². The van der Waals surface area contributed by atoms with Crippen LogP contribution in [0.2, 0.25) is 0 Å². The van der Waals surface area contributed by atoms with Crippen LogP contribution in [0.4, 0.5) is 10.3 Å². The van der Waals surface area contributed by atoms with Gasteiger partial charge in [0.2, 0.25) is 5.95 Å². The number of aliphatic hydroxyl groups excluding tert-OH is 1. The van der Waals surface area contributed by atoms with Gasteiger partial charge in [0, 0.05) is 23.6 Å². The summed E-state index contributed by atoms with van der Waals surface area (Å²) in [5, 5.41) is 9.93. The number of aromatic nitrogens is 2. The lowest BCUT2D eigenvalue weighted by Crippen LogP contribution is -2.31. The summed E-state index contributed by atoms with van der Waals surface area (Å²) in [5.41, 5.74) is 15.1. The number of amidine groups is 1. The normalized spacial score (nSPS) is 15.6. The van der Waals surface area contributed by atoms with Crippen LogP contribution in [0.1, 0.15) is 87.2 Å². The van der Waals surface area contributed by atoms with Gasteiger partial charge in [0.05, 0.1) is 12.0 Å². The highest BCUT2D eigenvalue weighted by Crippen LogP contribution is 2.31. The highest BCUT2D eigenvalue weighted by molar-refractivity contribution is 6.03. The lowest BCUT2D eigenvalue weighted by atomic mass is 9.94. The Kier molecular flexibility index (Phi) is 9.82. The quantitative estimate of drug-likeness (QED) is 0.239. The minimum atomic E-state index is -0.905. The van der Waals surface area contributed by atoms with E-state index in [1.165, 1.54) is 12.4 Å². The number of halogens is 1. The molecule has 1 aliphatic rings. The minimum absolute atomic E-state index is 0.00366. The van der Waals surface area contributed by atoms with E-state index in [1.807, 2.05) is 38.1 Å². The third kappa shape index (κ3) is 6.47. The summed E-state index contributed by atoms with van der Waals surface area (Å²) in [4.78, 5) is 27.1. The summed E-state index contributed by atoms with van der Waals surface area (Å²) in [7, 11) is 0. The third-order valence-electron chi connectivity index (χ3n) is 7.48. The molecule has 1 aliphatic carbocycles. The molecule has 8 nitrogen and oxygen atoms in total. The fraction of sp³-hybridized carbons (Fsp3) is 0.419. The highest BCUT2D eigenvalue weighted by Gasteiger charge is 2.24. The molecule has 4 rings (SSSR count). The lowest BCUT2D eigenvalue weighted by Gasteiger charge is -2.26. The van der Waals surface area contributed by atoms with E-state index in [0.717, 1.165) is 38.5 Å². The Morgan fingerprint density at radius 2 is 1.95 bits per heavy atom. The van der Waals surface area contributed by atoms with Crippen molar-refractivity contribution in [3.8, 4) is 11.1 Å². The molecule has 1 fully saturated rings. The minimum Gasteiger partial charge on any atom is -0.390 e. The number of hydrogen-bond donors (Lipinski definition) is 3. The van der Waals surface area contributed by atoms with E-state index in [1.54, 1.807) is 16.7 Å². The van der Waals surface area contributed by atoms with Crippen LogP contribution in [-0.2, 0) is 12.8 Å². The van der Waals surface area contributed by atoms with Gasteiger partial charge in [0.1, 0.15) is 17.9 Å². The largest absolute Gasteiger partial charge is 0.390 e. The monoisotopic (exact) mass is 546 g/mol. The molecule has 9 heteroatoms. The zero-order valence-corrected chi connectivity index (χ0v) is 23.3. The topological polar surface area (TPSA) is 132 Å². The van der Waals surface area contributed by atoms with Gasteiger partial charge >= 0.3 is 0 Å². The van der Waals surface area contributed by atoms with E-state index in [4.69, 9.17) is 16.5 Å². The fourth-order valence-corrected chi connectivity index (χ4v) is 5.38. The third-order valence-corrected chi connectivity index (χ3v) is 7.48. The van der Waals surface area contributed by atoms with Crippen molar-refractivity contribution in [2.75, 3.05) is 0 Å². The second-order valence-electron chi connectivity index (χ2n) is 10.3. The molecule has 0 spiro atoms. The van der Waals surface area contributed by atoms with Gasteiger partial charge in [-0.2, -0.15) is 0 Å². The van der Waals surface area contributed by atoms with Gasteiger partial charge in [-0.3, -0.25) is 9.36 Å². The van der Waals surface area contributed by atoms with Crippen LogP contribution >= 0.6 is 0 Å². The lowest BCUT2D eigenvalue weighted by molar-refractivity contribution is 0.180. The number of rotatable bonds is 10. The molecule has 5 N–H and O–H groups in total. The molecule has 1 aromatic heterocycles. The van der Waals surface area contributed by atoms with Gasteiger partial charge in [-0.15, -0.1) is 0 Å². The van der Waals surface area contributed by atoms with Gasteiger partial charge in [0.25, 0.3) is 5.56 Å². The zero-order valence-electron chi connectivity index (χ0n) is 23.3. The van der Waals surface area contributed by atoms with Crippen LogP contribution in [0, 0.1) is 5.82 Å². The Bertz CT molecular complexity index is 1440. The van der Waals surface area contributed by atoms with Crippen LogP contribution in [0.3, 0.4) is 0 Å². The number of benzene rings is 2. The van der Waals surface area contributed by atoms with E-state index < -0.39 is 12.0 Å². The van der Waals surface area contributed by atoms with E-state index >= 15 is 4.39 Å². The smallest absolute Gasteiger partial charge is 0.259 e. The van der Waals surface area contributed by atoms with Gasteiger partial charge in [0.15, 0.2) is 0 Å². The molecule has 1 heterocycles. The number of aliphatic hydroxyl groups is 1. The molecule has 1 atom stereocenters. The molecule has 0 amide bonds. The Morgan fingerprint density at radius 3 is 2.62 bits per heavy atom.